The fourth-order valence-electron chi connectivity index (χ4n) is 2.54. The Kier molecular flexibility index (Phi) is 2.03. The first kappa shape index (κ1) is 8.03. The normalized spacial score (nSPS) is 41.2. The first-order chi connectivity index (χ1) is 5.85. The highest BCUT2D eigenvalue weighted by atomic mass is 16.7. The van der Waals surface area contributed by atoms with E-state index in [1.807, 2.05) is 0 Å². The molecule has 66 valence electrons. The standard InChI is InChI=1S/C9H14N2O/c1-12-11-8-2-3-9(11)5-7(4-8)6-10/h7-9H,2-5H2,1H3. The molecule has 2 saturated heterocycles. The van der Waals surface area contributed by atoms with Crippen LogP contribution in [0.5, 0.6) is 0 Å². The Labute approximate surface area is 72.9 Å². The molecule has 0 aromatic heterocycles. The van der Waals surface area contributed by atoms with E-state index in [1.54, 1.807) is 7.11 Å². The molecule has 0 N–H and O–H groups in total. The summed E-state index contributed by atoms with van der Waals surface area (Å²) in [5.74, 6) is 0.272. The molecular weight excluding hydrogens is 152 g/mol. The molecule has 0 spiro atoms. The second-order valence-electron chi connectivity index (χ2n) is 3.72. The van der Waals surface area contributed by atoms with Crippen molar-refractivity contribution in [2.75, 3.05) is 7.11 Å². The summed E-state index contributed by atoms with van der Waals surface area (Å²) in [6, 6.07) is 3.39. The molecular formula is C9H14N2O. The van der Waals surface area contributed by atoms with E-state index in [1.165, 1.54) is 12.8 Å². The van der Waals surface area contributed by atoms with Gasteiger partial charge in [-0.2, -0.15) is 10.3 Å². The summed E-state index contributed by atoms with van der Waals surface area (Å²) in [7, 11) is 1.73. The predicted octanol–water partition coefficient (Wildman–Crippen LogP) is 1.31. The van der Waals surface area contributed by atoms with Gasteiger partial charge in [0.1, 0.15) is 0 Å². The lowest BCUT2D eigenvalue weighted by molar-refractivity contribution is -0.185. The van der Waals surface area contributed by atoms with Gasteiger partial charge in [0.2, 0.25) is 0 Å². The third-order valence-electron chi connectivity index (χ3n) is 3.06. The van der Waals surface area contributed by atoms with Gasteiger partial charge < -0.3 is 4.84 Å². The maximum Gasteiger partial charge on any atom is 0.0657 e. The van der Waals surface area contributed by atoms with Gasteiger partial charge in [0.05, 0.1) is 13.2 Å². The summed E-state index contributed by atoms with van der Waals surface area (Å²) in [4.78, 5) is 5.29. The van der Waals surface area contributed by atoms with Crippen LogP contribution in [0.2, 0.25) is 0 Å². The van der Waals surface area contributed by atoms with E-state index in [9.17, 15) is 0 Å². The zero-order valence-corrected chi connectivity index (χ0v) is 7.36. The van der Waals surface area contributed by atoms with Gasteiger partial charge >= 0.3 is 0 Å². The topological polar surface area (TPSA) is 36.3 Å². The van der Waals surface area contributed by atoms with Crippen LogP contribution in [0.1, 0.15) is 25.7 Å². The van der Waals surface area contributed by atoms with Crippen molar-refractivity contribution < 1.29 is 4.84 Å². The summed E-state index contributed by atoms with van der Waals surface area (Å²) in [5, 5.41) is 10.9. The van der Waals surface area contributed by atoms with Gasteiger partial charge in [-0.15, -0.1) is 0 Å². The summed E-state index contributed by atoms with van der Waals surface area (Å²) in [6.45, 7) is 0. The minimum atomic E-state index is 0.272. The number of hydrogen-bond donors (Lipinski definition) is 0. The maximum atomic E-state index is 8.80. The molecule has 12 heavy (non-hydrogen) atoms. The summed E-state index contributed by atoms with van der Waals surface area (Å²) in [6.07, 6.45) is 4.41. The van der Waals surface area contributed by atoms with Gasteiger partial charge in [-0.1, -0.05) is 0 Å². The van der Waals surface area contributed by atoms with Crippen LogP contribution in [0.25, 0.3) is 0 Å². The van der Waals surface area contributed by atoms with Crippen molar-refractivity contribution in [3.05, 3.63) is 0 Å². The van der Waals surface area contributed by atoms with Crippen molar-refractivity contribution in [2.45, 2.75) is 37.8 Å². The molecule has 0 aromatic carbocycles. The predicted molar refractivity (Wildman–Crippen MR) is 44.0 cm³/mol. The van der Waals surface area contributed by atoms with Gasteiger partial charge in [0, 0.05) is 18.0 Å². The van der Waals surface area contributed by atoms with E-state index in [0.717, 1.165) is 12.8 Å². The van der Waals surface area contributed by atoms with E-state index in [2.05, 4.69) is 11.1 Å². The highest BCUT2D eigenvalue weighted by Gasteiger charge is 2.41. The summed E-state index contributed by atoms with van der Waals surface area (Å²) >= 11 is 0. The zero-order valence-electron chi connectivity index (χ0n) is 7.36. The van der Waals surface area contributed by atoms with Crippen molar-refractivity contribution in [2.24, 2.45) is 5.92 Å². The first-order valence-corrected chi connectivity index (χ1v) is 4.57. The van der Waals surface area contributed by atoms with Crippen LogP contribution in [0.3, 0.4) is 0 Å². The van der Waals surface area contributed by atoms with E-state index in [0.29, 0.717) is 12.1 Å². The molecule has 0 aliphatic carbocycles. The lowest BCUT2D eigenvalue weighted by atomic mass is 9.94. The average molecular weight is 166 g/mol. The van der Waals surface area contributed by atoms with E-state index in [-0.39, 0.29) is 5.92 Å². The van der Waals surface area contributed by atoms with Gasteiger partial charge in [-0.05, 0) is 25.7 Å². The zero-order chi connectivity index (χ0) is 8.55. The molecule has 2 unspecified atom stereocenters. The Morgan fingerprint density at radius 1 is 1.33 bits per heavy atom. The Hall–Kier alpha value is -0.590. The molecule has 3 heteroatoms. The quantitative estimate of drug-likeness (QED) is 0.589. The molecule has 2 aliphatic rings. The second-order valence-corrected chi connectivity index (χ2v) is 3.72. The van der Waals surface area contributed by atoms with Gasteiger partial charge in [0.15, 0.2) is 0 Å². The molecule has 2 atom stereocenters. The maximum absolute atomic E-state index is 8.80. The molecule has 0 aromatic rings. The van der Waals surface area contributed by atoms with E-state index < -0.39 is 0 Å². The van der Waals surface area contributed by atoms with Crippen LogP contribution in [-0.4, -0.2) is 24.3 Å². The second kappa shape index (κ2) is 3.04. The number of fused-ring (bicyclic) bond motifs is 2. The van der Waals surface area contributed by atoms with Crippen molar-refractivity contribution in [1.29, 1.82) is 5.26 Å². The van der Waals surface area contributed by atoms with Crippen molar-refractivity contribution >= 4 is 0 Å². The van der Waals surface area contributed by atoms with Crippen LogP contribution in [0, 0.1) is 17.2 Å². The largest absolute Gasteiger partial charge is 0.302 e. The number of nitrogens with zero attached hydrogens (tertiary/aromatic N) is 2. The van der Waals surface area contributed by atoms with Crippen LogP contribution < -0.4 is 0 Å². The molecule has 3 nitrogen and oxygen atoms in total. The number of hydroxylamine groups is 2. The average Bonchev–Trinajstić information content (AvgIpc) is 2.35. The minimum Gasteiger partial charge on any atom is -0.302 e. The molecule has 2 rings (SSSR count). The smallest absolute Gasteiger partial charge is 0.0657 e. The summed E-state index contributed by atoms with van der Waals surface area (Å²) < 4.78 is 0. The Morgan fingerprint density at radius 2 is 1.92 bits per heavy atom. The highest BCUT2D eigenvalue weighted by molar-refractivity contribution is 4.98. The molecule has 0 amide bonds. The Morgan fingerprint density at radius 3 is 2.33 bits per heavy atom. The molecule has 2 bridgehead atoms. The fourth-order valence-corrected chi connectivity index (χ4v) is 2.54. The Bertz CT molecular complexity index is 197. The van der Waals surface area contributed by atoms with Crippen molar-refractivity contribution in [1.82, 2.24) is 5.06 Å². The SMILES string of the molecule is CON1C2CCC1CC(C#N)C2. The molecule has 2 aliphatic heterocycles. The first-order valence-electron chi connectivity index (χ1n) is 4.57. The number of rotatable bonds is 1. The molecule has 2 heterocycles. The Balaban J connectivity index is 2.07. The summed E-state index contributed by atoms with van der Waals surface area (Å²) in [5.41, 5.74) is 0. The minimum absolute atomic E-state index is 0.272. The van der Waals surface area contributed by atoms with Gasteiger partial charge in [-0.3, -0.25) is 0 Å². The number of piperidine rings is 1. The van der Waals surface area contributed by atoms with Crippen LogP contribution in [0.4, 0.5) is 0 Å². The van der Waals surface area contributed by atoms with Gasteiger partial charge in [-0.25, -0.2) is 0 Å². The number of nitriles is 1. The lowest BCUT2D eigenvalue weighted by Crippen LogP contribution is -2.41. The fraction of sp³-hybridized carbons (Fsp3) is 0.889. The van der Waals surface area contributed by atoms with Crippen LogP contribution >= 0.6 is 0 Å². The third-order valence-corrected chi connectivity index (χ3v) is 3.06. The molecule has 0 radical (unpaired) electrons. The van der Waals surface area contributed by atoms with Crippen LogP contribution in [-0.2, 0) is 4.84 Å². The highest BCUT2D eigenvalue weighted by Crippen LogP contribution is 2.37. The van der Waals surface area contributed by atoms with E-state index >= 15 is 0 Å². The van der Waals surface area contributed by atoms with Gasteiger partial charge in [0.25, 0.3) is 0 Å². The number of hydrogen-bond acceptors (Lipinski definition) is 3. The van der Waals surface area contributed by atoms with Crippen molar-refractivity contribution in [3.63, 3.8) is 0 Å². The van der Waals surface area contributed by atoms with Crippen molar-refractivity contribution in [3.8, 4) is 6.07 Å². The molecule has 0 saturated carbocycles. The van der Waals surface area contributed by atoms with E-state index in [4.69, 9.17) is 10.1 Å². The third kappa shape index (κ3) is 1.12. The molecule has 2 fully saturated rings. The monoisotopic (exact) mass is 166 g/mol. The van der Waals surface area contributed by atoms with Crippen LogP contribution in [0.15, 0.2) is 0 Å². The lowest BCUT2D eigenvalue weighted by Gasteiger charge is -2.34.